The summed E-state index contributed by atoms with van der Waals surface area (Å²) in [7, 11) is 8.15. The largest absolute Gasteiger partial charge is 0.467 e. The summed E-state index contributed by atoms with van der Waals surface area (Å²) in [5, 5.41) is 26.6. The van der Waals surface area contributed by atoms with Gasteiger partial charge in [-0.05, 0) is 159 Å². The van der Waals surface area contributed by atoms with Gasteiger partial charge in [0, 0.05) is 91.6 Å². The summed E-state index contributed by atoms with van der Waals surface area (Å²) >= 11 is 0. The van der Waals surface area contributed by atoms with Crippen molar-refractivity contribution in [2.45, 2.75) is 27.7 Å². The summed E-state index contributed by atoms with van der Waals surface area (Å²) in [5.74, 6) is 0. The van der Waals surface area contributed by atoms with Gasteiger partial charge in [-0.3, -0.25) is 0 Å². The van der Waals surface area contributed by atoms with Crippen LogP contribution >= 0.6 is 0 Å². The van der Waals surface area contributed by atoms with E-state index in [-0.39, 0.29) is 0 Å². The first kappa shape index (κ1) is 58.5. The molecule has 0 amide bonds. The fraction of sp³-hybridized carbons (Fsp3) is 0.100. The minimum absolute atomic E-state index is 0.558. The number of pyridine rings is 4. The van der Waals surface area contributed by atoms with Crippen LogP contribution in [0.25, 0.3) is 142 Å². The van der Waals surface area contributed by atoms with Crippen molar-refractivity contribution in [1.29, 1.82) is 10.5 Å². The van der Waals surface area contributed by atoms with Gasteiger partial charge in [-0.15, -0.1) is 0 Å². The normalized spacial score (nSPS) is 11.0. The topological polar surface area (TPSA) is 124 Å². The molecule has 0 unspecified atom stereocenters. The first-order chi connectivity index (χ1) is 44.7. The second-order valence-corrected chi connectivity index (χ2v) is 23.0. The molecule has 0 saturated heterocycles. The highest BCUT2D eigenvalue weighted by Crippen LogP contribution is 2.40. The second-order valence-electron chi connectivity index (χ2n) is 23.0. The van der Waals surface area contributed by atoms with Gasteiger partial charge >= 0.3 is 0 Å². The molecule has 8 aromatic heterocycles. The molecule has 16 rings (SSSR count). The van der Waals surface area contributed by atoms with Crippen LogP contribution in [0.3, 0.4) is 0 Å². The summed E-state index contributed by atoms with van der Waals surface area (Å²) in [4.78, 5) is 7.04. The van der Waals surface area contributed by atoms with E-state index < -0.39 is 0 Å². The van der Waals surface area contributed by atoms with Crippen molar-refractivity contribution in [2.24, 2.45) is 28.2 Å². The van der Waals surface area contributed by atoms with Crippen molar-refractivity contribution in [3.63, 3.8) is 0 Å². The number of nitrogens with zero attached hydrogens (tertiary/aromatic N) is 8. The van der Waals surface area contributed by atoms with Gasteiger partial charge in [0.15, 0.2) is 30.5 Å². The standard InChI is InChI=1S/4C20H15N2O/c1-13-11-16-14-7-6-8-17(21-2)20(14)23-19(16)12-15(13)18-9-4-5-10-22(18)3;1-13-10-17-15-8-7-14(21-2)11-19(15)23-20(17)12-16(13)18-6-4-5-9-22(18)3;1-13-10-16-19(11-15(13)17-7-3-4-9-22(17)2)23-18-8-5-6-14(12-21)20(16)18;1-13-9-16-17-10-14(12-21)6-7-19(17)23-20(16)11-15(13)18-5-3-4-8-22(18)2/h2*4-12H,1,3H3;2*3-11H,1-2H3/q4*+1. The van der Waals surface area contributed by atoms with E-state index in [1.54, 1.807) is 18.2 Å². The van der Waals surface area contributed by atoms with Crippen LogP contribution in [-0.4, -0.2) is 0 Å². The van der Waals surface area contributed by atoms with Crippen molar-refractivity contribution in [2.75, 3.05) is 0 Å². The van der Waals surface area contributed by atoms with E-state index in [1.165, 1.54) is 16.7 Å². The number of nitriles is 2. The summed E-state index contributed by atoms with van der Waals surface area (Å²) in [6, 6.07) is 68.4. The highest BCUT2D eigenvalue weighted by atomic mass is 16.3. The summed E-state index contributed by atoms with van der Waals surface area (Å²) in [5.41, 5.74) is 22.7. The number of hydrogen-bond acceptors (Lipinski definition) is 6. The molecule has 0 fully saturated rings. The third-order valence-corrected chi connectivity index (χ3v) is 17.1. The number of hydrogen-bond donors (Lipinski definition) is 0. The lowest BCUT2D eigenvalue weighted by Gasteiger charge is -2.04. The Morgan fingerprint density at radius 3 is 1.27 bits per heavy atom. The van der Waals surface area contributed by atoms with Crippen LogP contribution in [-0.2, 0) is 28.2 Å². The van der Waals surface area contributed by atoms with Gasteiger partial charge in [-0.2, -0.15) is 10.5 Å². The Balaban J connectivity index is 0.000000112. The fourth-order valence-electron chi connectivity index (χ4n) is 12.4. The maximum Gasteiger partial charge on any atom is 0.229 e. The maximum absolute atomic E-state index is 9.36. The highest BCUT2D eigenvalue weighted by Gasteiger charge is 2.22. The Morgan fingerprint density at radius 1 is 0.348 bits per heavy atom. The number of rotatable bonds is 4. The molecule has 12 nitrogen and oxygen atoms in total. The summed E-state index contributed by atoms with van der Waals surface area (Å²) in [6.07, 6.45) is 8.15. The molecule has 0 bridgehead atoms. The van der Waals surface area contributed by atoms with Crippen molar-refractivity contribution < 1.29 is 35.9 Å². The molecule has 16 aromatic rings. The predicted molar refractivity (Wildman–Crippen MR) is 362 cm³/mol. The lowest BCUT2D eigenvalue weighted by Crippen LogP contribution is -2.30. The Kier molecular flexibility index (Phi) is 15.4. The van der Waals surface area contributed by atoms with Crippen LogP contribution in [0.2, 0.25) is 0 Å². The molecule has 0 radical (unpaired) electrons. The fourth-order valence-corrected chi connectivity index (χ4v) is 12.4. The van der Waals surface area contributed by atoms with Crippen LogP contribution < -0.4 is 18.3 Å². The van der Waals surface area contributed by atoms with Crippen LogP contribution in [0, 0.1) is 63.5 Å². The van der Waals surface area contributed by atoms with E-state index in [0.717, 1.165) is 133 Å². The van der Waals surface area contributed by atoms with Gasteiger partial charge in [0.1, 0.15) is 72.9 Å². The van der Waals surface area contributed by atoms with Gasteiger partial charge in [0.2, 0.25) is 28.5 Å². The third kappa shape index (κ3) is 10.7. The molecule has 0 N–H and O–H groups in total. The quantitative estimate of drug-likeness (QED) is 0.128. The van der Waals surface area contributed by atoms with Crippen LogP contribution in [0.5, 0.6) is 0 Å². The molecule has 0 atom stereocenters. The van der Waals surface area contributed by atoms with Gasteiger partial charge < -0.3 is 17.7 Å². The number of aryl methyl sites for hydroxylation is 8. The predicted octanol–water partition coefficient (Wildman–Crippen LogP) is 18.4. The number of para-hydroxylation sites is 1. The number of benzene rings is 8. The van der Waals surface area contributed by atoms with Gasteiger partial charge in [-0.25, -0.2) is 28.0 Å². The Bertz CT molecular complexity index is 5710. The third-order valence-electron chi connectivity index (χ3n) is 17.1. The molecule has 440 valence electrons. The summed E-state index contributed by atoms with van der Waals surface area (Å²) in [6.45, 7) is 22.9. The van der Waals surface area contributed by atoms with Gasteiger partial charge in [-0.1, -0.05) is 36.4 Å². The monoisotopic (exact) mass is 1200 g/mol. The SMILES string of the molecule is Cc1cc2c(cc1-c1cccc[n+]1C)oc1ccc(C#N)cc12.Cc1cc2c(cc1-c1cccc[n+]1C)oc1cccc(C#N)c12.[C-]#[N+]c1ccc2c(c1)oc1cc(-c3cccc[n+]3C)c(C)cc12.[C-]#[N+]c1cccc2c1oc1cc(-c3cccc[n+]3C)c(C)cc12. The number of furan rings is 4. The average Bonchev–Trinajstić information content (AvgIpc) is 1.66. The number of aromatic nitrogens is 4. The molecule has 0 aliphatic carbocycles. The molecule has 8 heterocycles. The molecule has 12 heteroatoms. The zero-order valence-corrected chi connectivity index (χ0v) is 52.0. The van der Waals surface area contributed by atoms with E-state index in [0.29, 0.717) is 28.1 Å². The van der Waals surface area contributed by atoms with Crippen molar-refractivity contribution in [1.82, 2.24) is 0 Å². The second kappa shape index (κ2) is 24.2. The molecular formula is C80H60N8O4+4. The van der Waals surface area contributed by atoms with Crippen molar-refractivity contribution in [3.05, 3.63) is 275 Å². The Hall–Kier alpha value is -12.5. The number of fused-ring (bicyclic) bond motifs is 12. The minimum atomic E-state index is 0.558. The zero-order chi connectivity index (χ0) is 63.9. The smallest absolute Gasteiger partial charge is 0.229 e. The average molecular weight is 1200 g/mol. The molecule has 0 saturated carbocycles. The van der Waals surface area contributed by atoms with E-state index in [2.05, 4.69) is 141 Å². The van der Waals surface area contributed by atoms with E-state index in [9.17, 15) is 5.26 Å². The van der Waals surface area contributed by atoms with E-state index in [1.807, 2.05) is 156 Å². The van der Waals surface area contributed by atoms with Gasteiger partial charge in [0.05, 0.1) is 58.7 Å². The molecular weight excluding hydrogens is 1140 g/mol. The van der Waals surface area contributed by atoms with E-state index >= 15 is 0 Å². The molecule has 8 aromatic carbocycles. The Morgan fingerprint density at radius 2 is 0.783 bits per heavy atom. The van der Waals surface area contributed by atoms with Crippen LogP contribution in [0.1, 0.15) is 33.4 Å². The molecule has 0 aliphatic heterocycles. The van der Waals surface area contributed by atoms with Crippen molar-refractivity contribution in [3.8, 4) is 57.2 Å². The maximum atomic E-state index is 9.36. The summed E-state index contributed by atoms with van der Waals surface area (Å²) < 4.78 is 32.4. The molecule has 92 heavy (non-hydrogen) atoms. The highest BCUT2D eigenvalue weighted by molar-refractivity contribution is 6.12. The first-order valence-corrected chi connectivity index (χ1v) is 29.9. The van der Waals surface area contributed by atoms with Crippen LogP contribution in [0.15, 0.2) is 237 Å². The minimum Gasteiger partial charge on any atom is -0.467 e. The van der Waals surface area contributed by atoms with Crippen LogP contribution in [0.4, 0.5) is 11.4 Å². The molecule has 0 aliphatic rings. The Labute approximate surface area is 531 Å². The molecule has 0 spiro atoms. The van der Waals surface area contributed by atoms with Gasteiger partial charge in [0.25, 0.3) is 0 Å². The zero-order valence-electron chi connectivity index (χ0n) is 52.0. The lowest BCUT2D eigenvalue weighted by molar-refractivity contribution is -0.660. The van der Waals surface area contributed by atoms with Crippen molar-refractivity contribution >= 4 is 99.1 Å². The lowest BCUT2D eigenvalue weighted by atomic mass is 10.00. The van der Waals surface area contributed by atoms with E-state index in [4.69, 9.17) is 36.1 Å². The first-order valence-electron chi connectivity index (χ1n) is 29.9.